The maximum absolute atomic E-state index is 10.4. The van der Waals surface area contributed by atoms with E-state index in [-0.39, 0.29) is 30.8 Å². The second-order valence-corrected chi connectivity index (χ2v) is 8.00. The van der Waals surface area contributed by atoms with Crippen molar-refractivity contribution in [2.75, 3.05) is 13.7 Å². The van der Waals surface area contributed by atoms with Crippen LogP contribution >= 0.6 is 0 Å². The molecule has 1 heterocycles. The Bertz CT molecular complexity index is 932. The highest BCUT2D eigenvalue weighted by Crippen LogP contribution is 2.47. The number of nitrogens with zero attached hydrogens (tertiary/aromatic N) is 2. The van der Waals surface area contributed by atoms with Crippen molar-refractivity contribution in [1.82, 2.24) is 9.80 Å². The molecule has 0 saturated carbocycles. The summed E-state index contributed by atoms with van der Waals surface area (Å²) in [5.41, 5.74) is 3.61. The van der Waals surface area contributed by atoms with Gasteiger partial charge in [-0.3, -0.25) is 10.3 Å². The average molecular weight is 400 g/mol. The molecule has 4 atom stereocenters. The van der Waals surface area contributed by atoms with Gasteiger partial charge < -0.3 is 10.0 Å². The van der Waals surface area contributed by atoms with Crippen molar-refractivity contribution in [2.45, 2.75) is 24.7 Å². The molecule has 0 amide bonds. The molecule has 0 aromatic heterocycles. The van der Waals surface area contributed by atoms with Gasteiger partial charge in [0.1, 0.15) is 0 Å². The molecule has 4 nitrogen and oxygen atoms in total. The third kappa shape index (κ3) is 3.89. The molecule has 30 heavy (non-hydrogen) atoms. The first-order valence-corrected chi connectivity index (χ1v) is 10.5. The van der Waals surface area contributed by atoms with E-state index < -0.39 is 0 Å². The normalized spacial score (nSPS) is 22.7. The fraction of sp³-hybridized carbons (Fsp3) is 0.269. The van der Waals surface area contributed by atoms with Crippen LogP contribution in [0.1, 0.15) is 28.8 Å². The van der Waals surface area contributed by atoms with E-state index in [1.165, 1.54) is 23.0 Å². The third-order valence-corrected chi connectivity index (χ3v) is 6.21. The maximum atomic E-state index is 10.4. The Morgan fingerprint density at radius 3 is 1.83 bits per heavy atom. The van der Waals surface area contributed by atoms with Crippen molar-refractivity contribution < 1.29 is 5.11 Å². The number of benzene rings is 3. The molecule has 1 unspecified atom stereocenters. The van der Waals surface area contributed by atoms with Crippen molar-refractivity contribution in [3.8, 4) is 0 Å². The van der Waals surface area contributed by atoms with Gasteiger partial charge in [0.25, 0.3) is 0 Å². The Morgan fingerprint density at radius 1 is 0.833 bits per heavy atom. The van der Waals surface area contributed by atoms with Gasteiger partial charge >= 0.3 is 0 Å². The number of nitrogens with one attached hydrogen (secondary N) is 1. The first-order valence-electron chi connectivity index (χ1n) is 10.5. The summed E-state index contributed by atoms with van der Waals surface area (Å²) in [6.07, 6.45) is 2.14. The van der Waals surface area contributed by atoms with Crippen molar-refractivity contribution in [3.63, 3.8) is 0 Å². The zero-order chi connectivity index (χ0) is 20.9. The molecule has 1 aliphatic rings. The molecule has 3 aromatic rings. The van der Waals surface area contributed by atoms with Crippen LogP contribution in [0.25, 0.3) is 0 Å². The van der Waals surface area contributed by atoms with Crippen molar-refractivity contribution in [3.05, 3.63) is 108 Å². The van der Waals surface area contributed by atoms with Crippen LogP contribution in [-0.4, -0.2) is 41.1 Å². The van der Waals surface area contributed by atoms with E-state index in [1.807, 2.05) is 30.3 Å². The number of rotatable bonds is 7. The van der Waals surface area contributed by atoms with E-state index in [1.54, 1.807) is 0 Å². The predicted octanol–water partition coefficient (Wildman–Crippen LogP) is 4.50. The number of hydrogen-bond acceptors (Lipinski definition) is 3. The largest absolute Gasteiger partial charge is 0.396 e. The smallest absolute Gasteiger partial charge is 0.0893 e. The summed E-state index contributed by atoms with van der Waals surface area (Å²) in [6, 6.07) is 31.3. The van der Waals surface area contributed by atoms with Gasteiger partial charge in [-0.25, -0.2) is 0 Å². The Kier molecular flexibility index (Phi) is 6.26. The first-order chi connectivity index (χ1) is 14.7. The van der Waals surface area contributed by atoms with Crippen LogP contribution < -0.4 is 0 Å². The van der Waals surface area contributed by atoms with Crippen molar-refractivity contribution >= 4 is 6.34 Å². The molecule has 0 aliphatic carbocycles. The molecule has 154 valence electrons. The summed E-state index contributed by atoms with van der Waals surface area (Å²) in [4.78, 5) is 4.46. The number of likely N-dealkylation sites (N-methyl/N-ethyl adjacent to an activating group) is 1. The van der Waals surface area contributed by atoms with E-state index in [0.717, 1.165) is 6.42 Å². The summed E-state index contributed by atoms with van der Waals surface area (Å²) in [6.45, 7) is 0.0667. The summed E-state index contributed by atoms with van der Waals surface area (Å²) in [7, 11) is 2.12. The minimum atomic E-state index is -0.0804. The zero-order valence-corrected chi connectivity index (χ0v) is 17.3. The van der Waals surface area contributed by atoms with Gasteiger partial charge in [0, 0.05) is 12.5 Å². The lowest BCUT2D eigenvalue weighted by atomic mass is 9.93. The van der Waals surface area contributed by atoms with Gasteiger partial charge in [0.15, 0.2) is 0 Å². The second-order valence-electron chi connectivity index (χ2n) is 8.00. The summed E-state index contributed by atoms with van der Waals surface area (Å²) >= 11 is 0. The van der Waals surface area contributed by atoms with Crippen LogP contribution in [0.2, 0.25) is 0 Å². The van der Waals surface area contributed by atoms with Gasteiger partial charge in [0.2, 0.25) is 0 Å². The molecule has 1 aliphatic heterocycles. The molecule has 4 heteroatoms. The molecule has 4 rings (SSSR count). The van der Waals surface area contributed by atoms with E-state index in [2.05, 4.69) is 77.5 Å². The van der Waals surface area contributed by atoms with Gasteiger partial charge in [0.05, 0.1) is 24.6 Å². The topological polar surface area (TPSA) is 50.6 Å². The van der Waals surface area contributed by atoms with E-state index >= 15 is 0 Å². The number of hydrogen-bond donors (Lipinski definition) is 2. The fourth-order valence-electron chi connectivity index (χ4n) is 4.91. The Labute approximate surface area is 178 Å². The van der Waals surface area contributed by atoms with Gasteiger partial charge in [-0.15, -0.1) is 0 Å². The molecule has 1 fully saturated rings. The summed E-state index contributed by atoms with van der Waals surface area (Å²) in [5, 5.41) is 18.7. The van der Waals surface area contributed by atoms with Crippen LogP contribution in [0.5, 0.6) is 0 Å². The quantitative estimate of drug-likeness (QED) is 0.454. The summed E-state index contributed by atoms with van der Waals surface area (Å²) in [5.74, 6) is -0.0149. The monoisotopic (exact) mass is 399 g/mol. The standard InChI is InChI=1S/C26H29N3O/c1-28-24(21-13-7-3-8-14-21)25(22-15-9-4-10-16-22)29(19-27)26(28)23(18-30)17-20-11-5-2-6-12-20/h2-16,19,23-27,30H,17-18H2,1H3/t23-,24-,25-,26?/m0/s1. The van der Waals surface area contributed by atoms with Crippen LogP contribution in [0.4, 0.5) is 0 Å². The summed E-state index contributed by atoms with van der Waals surface area (Å²) < 4.78 is 0. The predicted molar refractivity (Wildman–Crippen MR) is 121 cm³/mol. The number of aliphatic hydroxyl groups excluding tert-OH is 1. The molecular weight excluding hydrogens is 370 g/mol. The Morgan fingerprint density at radius 2 is 1.33 bits per heavy atom. The molecule has 0 radical (unpaired) electrons. The van der Waals surface area contributed by atoms with Crippen molar-refractivity contribution in [1.29, 1.82) is 5.41 Å². The van der Waals surface area contributed by atoms with E-state index in [9.17, 15) is 5.11 Å². The lowest BCUT2D eigenvalue weighted by molar-refractivity contribution is 0.0809. The highest BCUT2D eigenvalue weighted by Gasteiger charge is 2.48. The van der Waals surface area contributed by atoms with Crippen LogP contribution in [-0.2, 0) is 6.42 Å². The Balaban J connectivity index is 1.76. The fourth-order valence-corrected chi connectivity index (χ4v) is 4.91. The van der Waals surface area contributed by atoms with Crippen LogP contribution in [0.15, 0.2) is 91.0 Å². The lowest BCUT2D eigenvalue weighted by Gasteiger charge is -2.34. The van der Waals surface area contributed by atoms with Gasteiger partial charge in [-0.1, -0.05) is 91.0 Å². The van der Waals surface area contributed by atoms with Crippen LogP contribution in [0.3, 0.4) is 0 Å². The SMILES string of the molecule is CN1C([C@H](CO)Cc2ccccc2)N(C=N)[C@@H](c2ccccc2)[C@@H]1c1ccccc1. The van der Waals surface area contributed by atoms with Gasteiger partial charge in [-0.05, 0) is 30.2 Å². The minimum absolute atomic E-state index is 0.00548. The highest BCUT2D eigenvalue weighted by molar-refractivity contribution is 5.55. The van der Waals surface area contributed by atoms with Gasteiger partial charge in [-0.2, -0.15) is 0 Å². The second kappa shape index (κ2) is 9.24. The molecule has 1 saturated heterocycles. The molecule has 0 bridgehead atoms. The minimum Gasteiger partial charge on any atom is -0.396 e. The lowest BCUT2D eigenvalue weighted by Crippen LogP contribution is -2.45. The maximum Gasteiger partial charge on any atom is 0.0893 e. The van der Waals surface area contributed by atoms with E-state index in [4.69, 9.17) is 5.41 Å². The first kappa shape index (κ1) is 20.3. The number of aliphatic hydroxyl groups is 1. The van der Waals surface area contributed by atoms with Crippen LogP contribution in [0, 0.1) is 11.3 Å². The molecule has 2 N–H and O–H groups in total. The highest BCUT2D eigenvalue weighted by atomic mass is 16.3. The molecule has 0 spiro atoms. The molecular formula is C26H29N3O. The third-order valence-electron chi connectivity index (χ3n) is 6.21. The van der Waals surface area contributed by atoms with E-state index in [0.29, 0.717) is 0 Å². The average Bonchev–Trinajstić information content (AvgIpc) is 3.11. The van der Waals surface area contributed by atoms with Crippen molar-refractivity contribution in [2.24, 2.45) is 5.92 Å². The Hall–Kier alpha value is -2.95. The zero-order valence-electron chi connectivity index (χ0n) is 17.3. The molecule has 3 aromatic carbocycles.